The Kier molecular flexibility index (Phi) is 5.93. The van der Waals surface area contributed by atoms with E-state index in [-0.39, 0.29) is 11.9 Å². The first-order valence-electron chi connectivity index (χ1n) is 6.11. The number of hydrogen-bond acceptors (Lipinski definition) is 2. The Morgan fingerprint density at radius 1 is 1.44 bits per heavy atom. The monoisotopic (exact) mass is 266 g/mol. The number of carbonyl (C=O) groups excluding carboxylic acids is 1. The number of carbonyl (C=O) groups is 1. The third-order valence-corrected chi connectivity index (χ3v) is 2.59. The van der Waals surface area contributed by atoms with Crippen LogP contribution < -0.4 is 4.74 Å². The van der Waals surface area contributed by atoms with Gasteiger partial charge in [-0.05, 0) is 44.9 Å². The minimum atomic E-state index is 0.111. The Bertz CT molecular complexity index is 436. The molecular formula is C15H19ClO2. The van der Waals surface area contributed by atoms with E-state index in [2.05, 4.69) is 0 Å². The third kappa shape index (κ3) is 5.37. The molecule has 0 aliphatic carbocycles. The molecule has 0 amide bonds. The summed E-state index contributed by atoms with van der Waals surface area (Å²) in [7, 11) is 0. The van der Waals surface area contributed by atoms with Crippen LogP contribution in [0.5, 0.6) is 5.75 Å². The molecule has 0 saturated heterocycles. The van der Waals surface area contributed by atoms with E-state index in [4.69, 9.17) is 16.3 Å². The maximum Gasteiger partial charge on any atom is 0.138 e. The molecule has 0 radical (unpaired) electrons. The minimum absolute atomic E-state index is 0.111. The quantitative estimate of drug-likeness (QED) is 0.757. The van der Waals surface area contributed by atoms with Crippen LogP contribution in [0, 0.1) is 0 Å². The lowest BCUT2D eigenvalue weighted by Crippen LogP contribution is -2.05. The van der Waals surface area contributed by atoms with E-state index in [0.717, 1.165) is 12.0 Å². The zero-order valence-electron chi connectivity index (χ0n) is 11.1. The summed E-state index contributed by atoms with van der Waals surface area (Å²) in [6, 6.07) is 5.68. The minimum Gasteiger partial charge on any atom is -0.489 e. The highest BCUT2D eigenvalue weighted by molar-refractivity contribution is 6.32. The van der Waals surface area contributed by atoms with Crippen molar-refractivity contribution >= 4 is 23.5 Å². The summed E-state index contributed by atoms with van der Waals surface area (Å²) in [6.45, 7) is 5.53. The molecule has 1 rings (SSSR count). The van der Waals surface area contributed by atoms with Crippen LogP contribution >= 0.6 is 11.6 Å². The number of benzene rings is 1. The van der Waals surface area contributed by atoms with Gasteiger partial charge in [-0.25, -0.2) is 0 Å². The van der Waals surface area contributed by atoms with Gasteiger partial charge in [0.1, 0.15) is 11.5 Å². The second kappa shape index (κ2) is 7.22. The van der Waals surface area contributed by atoms with Crippen LogP contribution in [0.1, 0.15) is 39.2 Å². The van der Waals surface area contributed by atoms with E-state index in [9.17, 15) is 4.79 Å². The standard InChI is InChI=1S/C15H19ClO2/c1-11(2)18-15-9-8-13(10-14(15)16)7-5-4-6-12(3)17/h5,7-11H,4,6H2,1-3H3/b7-5+. The van der Waals surface area contributed by atoms with E-state index >= 15 is 0 Å². The fourth-order valence-corrected chi connectivity index (χ4v) is 1.71. The second-order valence-electron chi connectivity index (χ2n) is 4.50. The smallest absolute Gasteiger partial charge is 0.138 e. The fraction of sp³-hybridized carbons (Fsp3) is 0.400. The van der Waals surface area contributed by atoms with E-state index in [1.807, 2.05) is 44.2 Å². The molecule has 1 aromatic rings. The summed E-state index contributed by atoms with van der Waals surface area (Å²) in [5.74, 6) is 0.908. The van der Waals surface area contributed by atoms with Gasteiger partial charge in [0.05, 0.1) is 11.1 Å². The number of ketones is 1. The summed E-state index contributed by atoms with van der Waals surface area (Å²) < 4.78 is 5.56. The van der Waals surface area contributed by atoms with Crippen LogP contribution in [0.4, 0.5) is 0 Å². The Hall–Kier alpha value is -1.28. The van der Waals surface area contributed by atoms with Gasteiger partial charge < -0.3 is 9.53 Å². The van der Waals surface area contributed by atoms with Crippen LogP contribution in [0.25, 0.3) is 6.08 Å². The van der Waals surface area contributed by atoms with Crippen LogP contribution in [-0.4, -0.2) is 11.9 Å². The van der Waals surface area contributed by atoms with Crippen LogP contribution in [0.2, 0.25) is 5.02 Å². The Morgan fingerprint density at radius 2 is 2.17 bits per heavy atom. The van der Waals surface area contributed by atoms with Gasteiger partial charge >= 0.3 is 0 Å². The number of Topliss-reactive ketones (excluding diaryl/α,β-unsaturated/α-hetero) is 1. The topological polar surface area (TPSA) is 26.3 Å². The summed E-state index contributed by atoms with van der Waals surface area (Å²) in [4.78, 5) is 10.8. The SMILES string of the molecule is CC(=O)CC/C=C/c1ccc(OC(C)C)c(Cl)c1. The molecule has 0 atom stereocenters. The largest absolute Gasteiger partial charge is 0.489 e. The summed E-state index contributed by atoms with van der Waals surface area (Å²) in [5, 5.41) is 0.609. The second-order valence-corrected chi connectivity index (χ2v) is 4.91. The highest BCUT2D eigenvalue weighted by Crippen LogP contribution is 2.26. The van der Waals surface area contributed by atoms with Crippen molar-refractivity contribution in [3.63, 3.8) is 0 Å². The Morgan fingerprint density at radius 3 is 2.72 bits per heavy atom. The summed E-state index contributed by atoms with van der Waals surface area (Å²) >= 11 is 6.12. The van der Waals surface area contributed by atoms with Gasteiger partial charge in [-0.2, -0.15) is 0 Å². The number of hydrogen-bond donors (Lipinski definition) is 0. The maximum absolute atomic E-state index is 10.8. The molecular weight excluding hydrogens is 248 g/mol. The van der Waals surface area contributed by atoms with Gasteiger partial charge in [-0.3, -0.25) is 0 Å². The third-order valence-electron chi connectivity index (χ3n) is 2.29. The first kappa shape index (κ1) is 14.8. The average molecular weight is 267 g/mol. The van der Waals surface area contributed by atoms with Gasteiger partial charge in [0.15, 0.2) is 0 Å². The lowest BCUT2D eigenvalue weighted by molar-refractivity contribution is -0.116. The Balaban J connectivity index is 2.63. The van der Waals surface area contributed by atoms with Crippen molar-refractivity contribution in [1.29, 1.82) is 0 Å². The van der Waals surface area contributed by atoms with E-state index < -0.39 is 0 Å². The van der Waals surface area contributed by atoms with Crippen molar-refractivity contribution in [3.8, 4) is 5.75 Å². The van der Waals surface area contributed by atoms with Gasteiger partial charge in [0.2, 0.25) is 0 Å². The fourth-order valence-electron chi connectivity index (χ4n) is 1.48. The molecule has 2 nitrogen and oxygen atoms in total. The number of halogens is 1. The molecule has 0 fully saturated rings. The molecule has 98 valence electrons. The van der Waals surface area contributed by atoms with Gasteiger partial charge in [-0.15, -0.1) is 0 Å². The first-order valence-corrected chi connectivity index (χ1v) is 6.49. The molecule has 0 N–H and O–H groups in total. The summed E-state index contributed by atoms with van der Waals surface area (Å²) in [6.07, 6.45) is 5.40. The lowest BCUT2D eigenvalue weighted by atomic mass is 10.1. The number of ether oxygens (including phenoxy) is 1. The van der Waals surface area contributed by atoms with Crippen molar-refractivity contribution in [2.75, 3.05) is 0 Å². The lowest BCUT2D eigenvalue weighted by Gasteiger charge is -2.11. The summed E-state index contributed by atoms with van der Waals surface area (Å²) in [5.41, 5.74) is 1.01. The molecule has 0 aliphatic rings. The number of rotatable bonds is 6. The van der Waals surface area contributed by atoms with Crippen molar-refractivity contribution in [1.82, 2.24) is 0 Å². The van der Waals surface area contributed by atoms with Gasteiger partial charge in [0, 0.05) is 6.42 Å². The highest BCUT2D eigenvalue weighted by Gasteiger charge is 2.03. The molecule has 3 heteroatoms. The first-order chi connectivity index (χ1) is 8.49. The van der Waals surface area contributed by atoms with Crippen LogP contribution in [0.3, 0.4) is 0 Å². The Labute approximate surface area is 114 Å². The van der Waals surface area contributed by atoms with E-state index in [1.54, 1.807) is 6.92 Å². The van der Waals surface area contributed by atoms with E-state index in [0.29, 0.717) is 17.2 Å². The molecule has 18 heavy (non-hydrogen) atoms. The zero-order chi connectivity index (χ0) is 13.5. The van der Waals surface area contributed by atoms with Crippen LogP contribution in [-0.2, 0) is 4.79 Å². The van der Waals surface area contributed by atoms with Crippen molar-refractivity contribution < 1.29 is 9.53 Å². The molecule has 0 heterocycles. The van der Waals surface area contributed by atoms with Crippen molar-refractivity contribution in [2.45, 2.75) is 39.7 Å². The van der Waals surface area contributed by atoms with E-state index in [1.165, 1.54) is 0 Å². The maximum atomic E-state index is 10.8. The highest BCUT2D eigenvalue weighted by atomic mass is 35.5. The van der Waals surface area contributed by atoms with Crippen molar-refractivity contribution in [2.24, 2.45) is 0 Å². The molecule has 0 unspecified atom stereocenters. The number of allylic oxidation sites excluding steroid dienone is 1. The predicted molar refractivity (Wildman–Crippen MR) is 76.2 cm³/mol. The predicted octanol–water partition coefficient (Wildman–Crippen LogP) is 4.51. The zero-order valence-corrected chi connectivity index (χ0v) is 11.8. The van der Waals surface area contributed by atoms with Crippen LogP contribution in [0.15, 0.2) is 24.3 Å². The molecule has 0 spiro atoms. The molecule has 1 aromatic carbocycles. The molecule has 0 aromatic heterocycles. The normalized spacial score (nSPS) is 11.2. The molecule has 0 bridgehead atoms. The van der Waals surface area contributed by atoms with Gasteiger partial charge in [0.25, 0.3) is 0 Å². The molecule has 0 aliphatic heterocycles. The van der Waals surface area contributed by atoms with Crippen molar-refractivity contribution in [3.05, 3.63) is 34.9 Å². The average Bonchev–Trinajstić information content (AvgIpc) is 2.27. The van der Waals surface area contributed by atoms with Gasteiger partial charge in [-0.1, -0.05) is 29.8 Å². The molecule has 0 saturated carbocycles.